The van der Waals surface area contributed by atoms with E-state index in [1.54, 1.807) is 6.07 Å². The average Bonchev–Trinajstić information content (AvgIpc) is 2.42. The summed E-state index contributed by atoms with van der Waals surface area (Å²) >= 11 is 9.27. The zero-order chi connectivity index (χ0) is 14.7. The third-order valence-corrected chi connectivity index (χ3v) is 3.42. The van der Waals surface area contributed by atoms with Gasteiger partial charge in [0.25, 0.3) is 0 Å². The van der Waals surface area contributed by atoms with Crippen LogP contribution in [0, 0.1) is 5.82 Å². The minimum absolute atomic E-state index is 0.246. The van der Waals surface area contributed by atoms with Crippen LogP contribution in [-0.4, -0.2) is 9.97 Å². The third-order valence-electron chi connectivity index (χ3n) is 2.50. The number of hydrogen-bond acceptors (Lipinski definition) is 5. The van der Waals surface area contributed by atoms with E-state index < -0.39 is 5.82 Å². The Bertz CT molecular complexity index is 592. The highest BCUT2D eigenvalue weighted by Crippen LogP contribution is 2.33. The molecular weight excluding hydrogens is 349 g/mol. The molecule has 0 amide bonds. The standard InChI is InChI=1S/C12H12BrClFN5/c1-2-9-17-10(5-11(18-9)20-16)19-12-7(13)3-6(15)4-8(12)14/h3-5H,2,16H2,1H3,(H2,17,18,19,20). The van der Waals surface area contributed by atoms with Gasteiger partial charge in [0.05, 0.1) is 10.7 Å². The average molecular weight is 361 g/mol. The smallest absolute Gasteiger partial charge is 0.145 e. The predicted molar refractivity (Wildman–Crippen MR) is 81.6 cm³/mol. The van der Waals surface area contributed by atoms with E-state index in [4.69, 9.17) is 17.4 Å². The van der Waals surface area contributed by atoms with Crippen molar-refractivity contribution < 1.29 is 4.39 Å². The predicted octanol–water partition coefficient (Wildman–Crippen LogP) is 3.62. The van der Waals surface area contributed by atoms with Crippen molar-refractivity contribution in [1.82, 2.24) is 9.97 Å². The number of aryl methyl sites for hydroxylation is 1. The monoisotopic (exact) mass is 359 g/mol. The van der Waals surface area contributed by atoms with E-state index in [2.05, 4.69) is 36.6 Å². The Morgan fingerprint density at radius 3 is 2.60 bits per heavy atom. The number of benzene rings is 1. The van der Waals surface area contributed by atoms with E-state index in [0.717, 1.165) is 0 Å². The van der Waals surface area contributed by atoms with Gasteiger partial charge in [0, 0.05) is 17.0 Å². The summed E-state index contributed by atoms with van der Waals surface area (Å²) in [4.78, 5) is 8.49. The van der Waals surface area contributed by atoms with Gasteiger partial charge in [0.2, 0.25) is 0 Å². The molecule has 2 aromatic rings. The zero-order valence-electron chi connectivity index (χ0n) is 10.5. The van der Waals surface area contributed by atoms with Gasteiger partial charge in [-0.05, 0) is 28.1 Å². The largest absolute Gasteiger partial charge is 0.338 e. The lowest BCUT2D eigenvalue weighted by Crippen LogP contribution is -2.11. The highest BCUT2D eigenvalue weighted by atomic mass is 79.9. The fourth-order valence-electron chi connectivity index (χ4n) is 1.58. The zero-order valence-corrected chi connectivity index (χ0v) is 12.9. The van der Waals surface area contributed by atoms with Crippen LogP contribution in [0.5, 0.6) is 0 Å². The lowest BCUT2D eigenvalue weighted by Gasteiger charge is -2.12. The van der Waals surface area contributed by atoms with Gasteiger partial charge in [0.1, 0.15) is 23.3 Å². The second kappa shape index (κ2) is 6.34. The quantitative estimate of drug-likeness (QED) is 0.573. The summed E-state index contributed by atoms with van der Waals surface area (Å²) in [6, 6.07) is 4.17. The molecule has 0 unspecified atom stereocenters. The van der Waals surface area contributed by atoms with Crippen molar-refractivity contribution in [1.29, 1.82) is 0 Å². The fourth-order valence-corrected chi connectivity index (χ4v) is 2.48. The van der Waals surface area contributed by atoms with Gasteiger partial charge in [-0.3, -0.25) is 0 Å². The minimum atomic E-state index is -0.423. The van der Waals surface area contributed by atoms with Gasteiger partial charge in [-0.1, -0.05) is 18.5 Å². The summed E-state index contributed by atoms with van der Waals surface area (Å²) in [5, 5.41) is 3.27. The van der Waals surface area contributed by atoms with E-state index in [1.807, 2.05) is 6.92 Å². The Kier molecular flexibility index (Phi) is 4.74. The van der Waals surface area contributed by atoms with Gasteiger partial charge >= 0.3 is 0 Å². The summed E-state index contributed by atoms with van der Waals surface area (Å²) in [5.41, 5.74) is 3.00. The molecule has 1 aromatic carbocycles. The molecule has 106 valence electrons. The number of aromatic nitrogens is 2. The molecule has 0 spiro atoms. The topological polar surface area (TPSA) is 75.9 Å². The van der Waals surface area contributed by atoms with Gasteiger partial charge in [-0.25, -0.2) is 20.2 Å². The van der Waals surface area contributed by atoms with Crippen LogP contribution in [0.4, 0.5) is 21.7 Å². The number of hydrazine groups is 1. The summed E-state index contributed by atoms with van der Waals surface area (Å²) < 4.78 is 13.7. The fraction of sp³-hybridized carbons (Fsp3) is 0.167. The molecule has 5 nitrogen and oxygen atoms in total. The molecule has 0 saturated carbocycles. The van der Waals surface area contributed by atoms with Crippen LogP contribution in [0.15, 0.2) is 22.7 Å². The first-order valence-electron chi connectivity index (χ1n) is 5.79. The van der Waals surface area contributed by atoms with Crippen LogP contribution in [0.25, 0.3) is 0 Å². The number of hydrogen-bond donors (Lipinski definition) is 3. The molecule has 2 rings (SSSR count). The van der Waals surface area contributed by atoms with E-state index in [0.29, 0.717) is 34.0 Å². The van der Waals surface area contributed by atoms with Gasteiger partial charge in [-0.15, -0.1) is 0 Å². The number of nitrogens with zero attached hydrogens (tertiary/aromatic N) is 2. The van der Waals surface area contributed by atoms with Crippen LogP contribution in [0.3, 0.4) is 0 Å². The number of nitrogen functional groups attached to an aromatic ring is 1. The molecule has 1 aromatic heterocycles. The maximum atomic E-state index is 13.2. The van der Waals surface area contributed by atoms with Gasteiger partial charge < -0.3 is 10.7 Å². The number of anilines is 3. The molecule has 0 fully saturated rings. The van der Waals surface area contributed by atoms with Crippen molar-refractivity contribution in [3.8, 4) is 0 Å². The molecule has 8 heteroatoms. The van der Waals surface area contributed by atoms with E-state index in [-0.39, 0.29) is 5.02 Å². The SMILES string of the molecule is CCc1nc(NN)cc(Nc2c(Cl)cc(F)cc2Br)n1. The van der Waals surface area contributed by atoms with E-state index >= 15 is 0 Å². The molecule has 0 aliphatic carbocycles. The van der Waals surface area contributed by atoms with Crippen LogP contribution >= 0.6 is 27.5 Å². The Labute approximate surface area is 128 Å². The third kappa shape index (κ3) is 3.36. The first-order chi connectivity index (χ1) is 9.53. The van der Waals surface area contributed by atoms with E-state index in [9.17, 15) is 4.39 Å². The first-order valence-corrected chi connectivity index (χ1v) is 6.96. The van der Waals surface area contributed by atoms with Crippen molar-refractivity contribution in [2.24, 2.45) is 5.84 Å². The van der Waals surface area contributed by atoms with Crippen molar-refractivity contribution >= 4 is 44.9 Å². The first kappa shape index (κ1) is 15.0. The maximum Gasteiger partial charge on any atom is 0.145 e. The van der Waals surface area contributed by atoms with Gasteiger partial charge in [0.15, 0.2) is 0 Å². The highest BCUT2D eigenvalue weighted by Gasteiger charge is 2.10. The Morgan fingerprint density at radius 2 is 2.00 bits per heavy atom. The molecule has 0 bridgehead atoms. The molecule has 0 aliphatic heterocycles. The minimum Gasteiger partial charge on any atom is -0.338 e. The lowest BCUT2D eigenvalue weighted by molar-refractivity contribution is 0.627. The molecule has 0 saturated heterocycles. The van der Waals surface area contributed by atoms with Crippen molar-refractivity contribution in [2.45, 2.75) is 13.3 Å². The van der Waals surface area contributed by atoms with Crippen LogP contribution < -0.4 is 16.6 Å². The number of halogens is 3. The normalized spacial score (nSPS) is 10.4. The molecule has 4 N–H and O–H groups in total. The van der Waals surface area contributed by atoms with Gasteiger partial charge in [-0.2, -0.15) is 0 Å². The Balaban J connectivity index is 2.39. The highest BCUT2D eigenvalue weighted by molar-refractivity contribution is 9.10. The molecular formula is C12H12BrClFN5. The van der Waals surface area contributed by atoms with Crippen molar-refractivity contribution in [3.05, 3.63) is 39.3 Å². The summed E-state index contributed by atoms with van der Waals surface area (Å²) in [6.07, 6.45) is 0.655. The second-order valence-electron chi connectivity index (χ2n) is 3.92. The molecule has 0 radical (unpaired) electrons. The lowest BCUT2D eigenvalue weighted by atomic mass is 10.3. The number of nitrogens with two attached hydrogens (primary N) is 1. The molecule has 0 atom stereocenters. The molecule has 20 heavy (non-hydrogen) atoms. The van der Waals surface area contributed by atoms with Crippen LogP contribution in [0.1, 0.15) is 12.7 Å². The Hall–Kier alpha value is -1.44. The van der Waals surface area contributed by atoms with Crippen molar-refractivity contribution in [3.63, 3.8) is 0 Å². The van der Waals surface area contributed by atoms with Crippen molar-refractivity contribution in [2.75, 3.05) is 10.7 Å². The van der Waals surface area contributed by atoms with E-state index in [1.165, 1.54) is 12.1 Å². The summed E-state index contributed by atoms with van der Waals surface area (Å²) in [7, 11) is 0. The van der Waals surface area contributed by atoms with Crippen LogP contribution in [-0.2, 0) is 6.42 Å². The Morgan fingerprint density at radius 1 is 1.30 bits per heavy atom. The number of nitrogens with one attached hydrogen (secondary N) is 2. The summed E-state index contributed by atoms with van der Waals surface area (Å²) in [6.45, 7) is 1.93. The van der Waals surface area contributed by atoms with Crippen LogP contribution in [0.2, 0.25) is 5.02 Å². The second-order valence-corrected chi connectivity index (χ2v) is 5.18. The molecule has 0 aliphatic rings. The molecule has 1 heterocycles. The number of rotatable bonds is 4. The summed E-state index contributed by atoms with van der Waals surface area (Å²) in [5.74, 6) is 6.56. The maximum absolute atomic E-state index is 13.2.